The molecule has 11 heteroatoms. The minimum atomic E-state index is -2.02. The molecule has 2 rings (SSSR count). The third kappa shape index (κ3) is 6.27. The largest absolute Gasteiger partial charge is 0.551 e. The van der Waals surface area contributed by atoms with Gasteiger partial charge in [-0.25, -0.2) is 0 Å². The highest BCUT2D eigenvalue weighted by molar-refractivity contribution is 7.13. The van der Waals surface area contributed by atoms with Gasteiger partial charge < -0.3 is 19.5 Å². The van der Waals surface area contributed by atoms with Crippen LogP contribution in [0.4, 0.5) is 0 Å². The Balaban J connectivity index is 1.94. The molecule has 9 nitrogen and oxygen atoms in total. The first-order valence-corrected chi connectivity index (χ1v) is 9.05. The number of nitrogens with zero attached hydrogens (tertiary/aromatic N) is 1. The Hall–Kier alpha value is -2.03. The van der Waals surface area contributed by atoms with Gasteiger partial charge in [0.05, 0.1) is 19.3 Å². The predicted molar refractivity (Wildman–Crippen MR) is 101 cm³/mol. The standard InChI is InChI=1S/C16H22BN2O7P/c20-13(21)7-16(8-14(22)23)15(24)25-17(26-16)10-18-9-12(19-27)6-11-4-2-1-3-5-11/h1-2,4,9,12,19H,3,5-8,10,27H2,(H,20,21)(H,22,23)/b18-9+. The van der Waals surface area contributed by atoms with Crippen LogP contribution in [0.25, 0.3) is 0 Å². The molecule has 0 aromatic heterocycles. The molecule has 1 fully saturated rings. The molecule has 3 N–H and O–H groups in total. The lowest BCUT2D eigenvalue weighted by molar-refractivity contribution is -0.157. The van der Waals surface area contributed by atoms with E-state index in [-0.39, 0.29) is 12.5 Å². The number of hydrogen-bond acceptors (Lipinski definition) is 7. The fourth-order valence-electron chi connectivity index (χ4n) is 2.94. The molecule has 0 amide bonds. The predicted octanol–water partition coefficient (Wildman–Crippen LogP) is 0.761. The van der Waals surface area contributed by atoms with Crippen molar-refractivity contribution in [3.8, 4) is 0 Å². The van der Waals surface area contributed by atoms with Crippen LogP contribution in [0.15, 0.2) is 28.8 Å². The molecule has 146 valence electrons. The van der Waals surface area contributed by atoms with Gasteiger partial charge in [0.2, 0.25) is 0 Å². The van der Waals surface area contributed by atoms with E-state index in [0.29, 0.717) is 0 Å². The number of carboxylic acid groups (broad SMARTS) is 2. The molecule has 1 aliphatic carbocycles. The average molecular weight is 396 g/mol. The van der Waals surface area contributed by atoms with Crippen LogP contribution in [-0.2, 0) is 23.7 Å². The fraction of sp³-hybridized carbons (Fsp3) is 0.500. The van der Waals surface area contributed by atoms with Crippen molar-refractivity contribution in [2.45, 2.75) is 43.7 Å². The SMILES string of the molecule is O=C(O)CC1(CC(=O)O)OB(C/N=C/C(CC2=CC=CCC2)NP)OC1=O. The number of hydrogen-bond donors (Lipinski definition) is 3. The van der Waals surface area contributed by atoms with E-state index in [9.17, 15) is 14.4 Å². The summed E-state index contributed by atoms with van der Waals surface area (Å²) < 4.78 is 10.4. The fourth-order valence-corrected chi connectivity index (χ4v) is 3.14. The lowest BCUT2D eigenvalue weighted by Crippen LogP contribution is -2.41. The molecule has 2 atom stereocenters. The zero-order valence-corrected chi connectivity index (χ0v) is 15.8. The summed E-state index contributed by atoms with van der Waals surface area (Å²) in [6.45, 7) is 0. The average Bonchev–Trinajstić information content (AvgIpc) is 2.88. The molecule has 27 heavy (non-hydrogen) atoms. The smallest absolute Gasteiger partial charge is 0.506 e. The molecule has 0 saturated carbocycles. The second-order valence-corrected chi connectivity index (χ2v) is 6.70. The number of aliphatic carboxylic acids is 2. The molecule has 1 heterocycles. The zero-order chi connectivity index (χ0) is 19.9. The van der Waals surface area contributed by atoms with Gasteiger partial charge in [0, 0.05) is 12.3 Å². The van der Waals surface area contributed by atoms with Crippen molar-refractivity contribution in [2.24, 2.45) is 4.99 Å². The van der Waals surface area contributed by atoms with Gasteiger partial charge in [0.25, 0.3) is 0 Å². The van der Waals surface area contributed by atoms with E-state index >= 15 is 0 Å². The summed E-state index contributed by atoms with van der Waals surface area (Å²) in [5, 5.41) is 21.0. The number of nitrogens with one attached hydrogen (secondary N) is 1. The van der Waals surface area contributed by atoms with Crippen LogP contribution in [0.5, 0.6) is 0 Å². The van der Waals surface area contributed by atoms with E-state index in [1.807, 2.05) is 6.08 Å². The summed E-state index contributed by atoms with van der Waals surface area (Å²) in [5.41, 5.74) is -0.732. The number of carboxylic acids is 2. The molecule has 1 saturated heterocycles. The van der Waals surface area contributed by atoms with Crippen molar-refractivity contribution >= 4 is 40.6 Å². The van der Waals surface area contributed by atoms with Crippen LogP contribution < -0.4 is 5.09 Å². The van der Waals surface area contributed by atoms with E-state index in [1.165, 1.54) is 5.57 Å². The summed E-state index contributed by atoms with van der Waals surface area (Å²) in [7, 11) is 1.31. The van der Waals surface area contributed by atoms with E-state index in [1.54, 1.807) is 6.21 Å². The topological polar surface area (TPSA) is 135 Å². The lowest BCUT2D eigenvalue weighted by Gasteiger charge is -2.20. The van der Waals surface area contributed by atoms with Gasteiger partial charge in [-0.15, -0.1) is 0 Å². The van der Waals surface area contributed by atoms with Crippen molar-refractivity contribution in [3.05, 3.63) is 23.8 Å². The molecule has 0 aromatic rings. The van der Waals surface area contributed by atoms with E-state index in [2.05, 4.69) is 31.6 Å². The van der Waals surface area contributed by atoms with E-state index in [0.717, 1.165) is 19.3 Å². The van der Waals surface area contributed by atoms with Crippen molar-refractivity contribution in [3.63, 3.8) is 0 Å². The van der Waals surface area contributed by atoms with Crippen LogP contribution in [0.1, 0.15) is 32.1 Å². The summed E-state index contributed by atoms with van der Waals surface area (Å²) in [5.74, 6) is -3.69. The Morgan fingerprint density at radius 3 is 2.67 bits per heavy atom. The van der Waals surface area contributed by atoms with Crippen molar-refractivity contribution in [1.29, 1.82) is 0 Å². The normalized spacial score (nSPS) is 19.8. The van der Waals surface area contributed by atoms with E-state index < -0.39 is 43.5 Å². The van der Waals surface area contributed by atoms with Crippen LogP contribution in [0.2, 0.25) is 0 Å². The molecule has 0 aromatic carbocycles. The molecule has 2 aliphatic rings. The van der Waals surface area contributed by atoms with Gasteiger partial charge in [0.1, 0.15) is 0 Å². The second-order valence-electron chi connectivity index (χ2n) is 6.37. The van der Waals surface area contributed by atoms with Crippen LogP contribution in [0.3, 0.4) is 0 Å². The first-order valence-electron chi connectivity index (χ1n) is 8.48. The Bertz CT molecular complexity index is 664. The molecule has 2 unspecified atom stereocenters. The summed E-state index contributed by atoms with van der Waals surface area (Å²) in [6.07, 6.45) is 9.01. The maximum absolute atomic E-state index is 12.0. The Labute approximate surface area is 159 Å². The highest BCUT2D eigenvalue weighted by atomic mass is 31.0. The zero-order valence-electron chi connectivity index (χ0n) is 14.7. The Kier molecular flexibility index (Phi) is 7.71. The number of carbonyl (C=O) groups is 3. The molecular formula is C16H22BN2O7P. The number of allylic oxidation sites excluding steroid dienone is 3. The molecule has 0 bridgehead atoms. The summed E-state index contributed by atoms with van der Waals surface area (Å²) in [6, 6.07) is -0.0485. The summed E-state index contributed by atoms with van der Waals surface area (Å²) in [4.78, 5) is 38.2. The third-order valence-corrected chi connectivity index (χ3v) is 4.61. The second kappa shape index (κ2) is 9.78. The quantitative estimate of drug-likeness (QED) is 0.280. The van der Waals surface area contributed by atoms with Crippen molar-refractivity contribution < 1.29 is 33.9 Å². The first-order chi connectivity index (χ1) is 12.8. The maximum Gasteiger partial charge on any atom is 0.551 e. The minimum absolute atomic E-state index is 0.0471. The highest BCUT2D eigenvalue weighted by Crippen LogP contribution is 2.30. The maximum atomic E-state index is 12.0. The molecule has 0 radical (unpaired) electrons. The van der Waals surface area contributed by atoms with Gasteiger partial charge in [-0.05, 0) is 19.3 Å². The summed E-state index contributed by atoms with van der Waals surface area (Å²) >= 11 is 0. The van der Waals surface area contributed by atoms with Gasteiger partial charge in [-0.2, -0.15) is 0 Å². The Morgan fingerprint density at radius 1 is 1.41 bits per heavy atom. The van der Waals surface area contributed by atoms with Crippen LogP contribution in [-0.4, -0.2) is 59.5 Å². The van der Waals surface area contributed by atoms with Gasteiger partial charge >= 0.3 is 25.0 Å². The lowest BCUT2D eigenvalue weighted by atomic mass is 9.89. The third-order valence-electron chi connectivity index (χ3n) is 4.18. The highest BCUT2D eigenvalue weighted by Gasteiger charge is 2.55. The van der Waals surface area contributed by atoms with E-state index in [4.69, 9.17) is 19.5 Å². The monoisotopic (exact) mass is 396 g/mol. The number of rotatable bonds is 10. The van der Waals surface area contributed by atoms with Crippen molar-refractivity contribution in [2.75, 3.05) is 6.44 Å². The van der Waals surface area contributed by atoms with Crippen LogP contribution >= 0.6 is 9.39 Å². The minimum Gasteiger partial charge on any atom is -0.506 e. The van der Waals surface area contributed by atoms with Crippen LogP contribution in [0, 0.1) is 0 Å². The molecule has 1 aliphatic heterocycles. The van der Waals surface area contributed by atoms with Gasteiger partial charge in [-0.3, -0.25) is 24.5 Å². The molecule has 0 spiro atoms. The van der Waals surface area contributed by atoms with Gasteiger partial charge in [0.15, 0.2) is 5.60 Å². The van der Waals surface area contributed by atoms with Gasteiger partial charge in [-0.1, -0.05) is 33.2 Å². The number of carbonyl (C=O) groups excluding carboxylic acids is 1. The Morgan fingerprint density at radius 2 is 2.11 bits per heavy atom. The first kappa shape index (κ1) is 21.3. The number of aliphatic imine (C=N–C) groups is 1. The van der Waals surface area contributed by atoms with Crippen molar-refractivity contribution in [1.82, 2.24) is 5.09 Å². The molecular weight excluding hydrogens is 374 g/mol.